The molecule has 7 heteroatoms. The smallest absolute Gasteiger partial charge is 0.307 e. The van der Waals surface area contributed by atoms with Crippen LogP contribution in [0.2, 0.25) is 0 Å². The van der Waals surface area contributed by atoms with Crippen molar-refractivity contribution in [2.75, 3.05) is 16.8 Å². The molecule has 1 aliphatic rings. The minimum atomic E-state index is 0.520. The summed E-state index contributed by atoms with van der Waals surface area (Å²) in [5, 5.41) is 2.27. The standard InChI is InChI=1S/C36H27N5O2/c1-38-18-17-25-26(20-39(2)35(25)38)22-15-16-29-31(19-22)41(30-12-6-5-11-28(30)40(29)3)36-37-34-24(10-8-14-33(34)43-36)27-21-42-32-13-7-4-9-23(27)32/h4-21H,1-3H3. The van der Waals surface area contributed by atoms with Crippen LogP contribution in [-0.2, 0) is 14.1 Å². The van der Waals surface area contributed by atoms with Gasteiger partial charge in [0.05, 0.1) is 29.0 Å². The summed E-state index contributed by atoms with van der Waals surface area (Å²) in [4.78, 5) is 9.56. The van der Waals surface area contributed by atoms with Crippen molar-refractivity contribution in [1.29, 1.82) is 0 Å². The number of hydrogen-bond donors (Lipinski definition) is 0. The molecule has 0 saturated carbocycles. The lowest BCUT2D eigenvalue weighted by molar-refractivity contribution is 0.608. The second kappa shape index (κ2) is 8.66. The molecule has 5 heterocycles. The van der Waals surface area contributed by atoms with Crippen LogP contribution in [0, 0.1) is 0 Å². The first-order valence-electron chi connectivity index (χ1n) is 14.3. The van der Waals surface area contributed by atoms with E-state index in [2.05, 4.69) is 113 Å². The minimum absolute atomic E-state index is 0.520. The van der Waals surface area contributed by atoms with Crippen LogP contribution in [0.25, 0.3) is 55.4 Å². The molecule has 0 saturated heterocycles. The van der Waals surface area contributed by atoms with E-state index < -0.39 is 0 Å². The van der Waals surface area contributed by atoms with E-state index in [1.165, 1.54) is 16.6 Å². The maximum absolute atomic E-state index is 6.59. The summed E-state index contributed by atoms with van der Waals surface area (Å²) in [6.45, 7) is 0. The summed E-state index contributed by atoms with van der Waals surface area (Å²) in [6, 6.07) is 31.9. The molecule has 9 rings (SSSR count). The number of furan rings is 1. The third-order valence-electron chi connectivity index (χ3n) is 8.73. The number of fused-ring (bicyclic) bond motifs is 5. The van der Waals surface area contributed by atoms with Gasteiger partial charge in [0.2, 0.25) is 0 Å². The van der Waals surface area contributed by atoms with Gasteiger partial charge in [0.1, 0.15) is 16.7 Å². The number of para-hydroxylation sites is 4. The molecule has 7 nitrogen and oxygen atoms in total. The molecular formula is C36H27N5O2. The molecule has 208 valence electrons. The highest BCUT2D eigenvalue weighted by molar-refractivity contribution is 6.04. The van der Waals surface area contributed by atoms with E-state index in [9.17, 15) is 0 Å². The SMILES string of the molecule is CN1c2ccccc2N(c2nc3c(-c4coc5ccccc45)cccc3o2)c2cc(-c3cn(C)c4c3ccn4C)ccc21. The zero-order valence-electron chi connectivity index (χ0n) is 23.9. The van der Waals surface area contributed by atoms with Gasteiger partial charge in [0.15, 0.2) is 5.58 Å². The monoisotopic (exact) mass is 561 g/mol. The van der Waals surface area contributed by atoms with Crippen molar-refractivity contribution >= 4 is 61.9 Å². The summed E-state index contributed by atoms with van der Waals surface area (Å²) in [5.41, 5.74) is 12.0. The van der Waals surface area contributed by atoms with Gasteiger partial charge in [-0.05, 0) is 48.0 Å². The van der Waals surface area contributed by atoms with Crippen molar-refractivity contribution in [1.82, 2.24) is 14.1 Å². The molecule has 4 aromatic heterocycles. The number of oxazole rings is 1. The molecule has 0 N–H and O–H groups in total. The van der Waals surface area contributed by atoms with Crippen LogP contribution in [0.4, 0.5) is 28.8 Å². The third kappa shape index (κ3) is 3.33. The zero-order valence-corrected chi connectivity index (χ0v) is 23.9. The fraction of sp³-hybridized carbons (Fsp3) is 0.0833. The molecule has 0 bridgehead atoms. The molecule has 0 unspecified atom stereocenters. The average Bonchev–Trinajstić information content (AvgIpc) is 3.81. The highest BCUT2D eigenvalue weighted by Crippen LogP contribution is 2.52. The van der Waals surface area contributed by atoms with E-state index in [1.807, 2.05) is 36.6 Å². The van der Waals surface area contributed by atoms with E-state index in [1.54, 1.807) is 0 Å². The normalized spacial score (nSPS) is 12.9. The number of rotatable bonds is 3. The van der Waals surface area contributed by atoms with E-state index in [-0.39, 0.29) is 0 Å². The number of aromatic nitrogens is 3. The zero-order chi connectivity index (χ0) is 28.8. The van der Waals surface area contributed by atoms with Crippen LogP contribution in [0.3, 0.4) is 0 Å². The number of hydrogen-bond acceptors (Lipinski definition) is 5. The van der Waals surface area contributed by atoms with E-state index in [0.29, 0.717) is 6.01 Å². The fourth-order valence-electron chi connectivity index (χ4n) is 6.72. The maximum Gasteiger partial charge on any atom is 0.307 e. The maximum atomic E-state index is 6.59. The number of benzene rings is 4. The van der Waals surface area contributed by atoms with E-state index in [4.69, 9.17) is 13.8 Å². The van der Waals surface area contributed by atoms with Gasteiger partial charge in [0.25, 0.3) is 0 Å². The number of anilines is 5. The summed E-state index contributed by atoms with van der Waals surface area (Å²) >= 11 is 0. The van der Waals surface area contributed by atoms with Gasteiger partial charge in [-0.3, -0.25) is 4.90 Å². The van der Waals surface area contributed by atoms with Crippen molar-refractivity contribution < 1.29 is 8.83 Å². The Kier molecular flexibility index (Phi) is 4.82. The fourth-order valence-corrected chi connectivity index (χ4v) is 6.72. The van der Waals surface area contributed by atoms with Crippen molar-refractivity contribution in [3.8, 4) is 22.3 Å². The highest BCUT2D eigenvalue weighted by atomic mass is 16.4. The van der Waals surface area contributed by atoms with Crippen LogP contribution in [-0.4, -0.2) is 21.2 Å². The second-order valence-electron chi connectivity index (χ2n) is 11.2. The lowest BCUT2D eigenvalue weighted by Crippen LogP contribution is -2.24. The van der Waals surface area contributed by atoms with Gasteiger partial charge >= 0.3 is 6.01 Å². The molecule has 0 radical (unpaired) electrons. The van der Waals surface area contributed by atoms with Crippen LogP contribution < -0.4 is 9.80 Å². The van der Waals surface area contributed by atoms with Crippen molar-refractivity contribution in [3.63, 3.8) is 0 Å². The largest absolute Gasteiger partial charge is 0.464 e. The predicted octanol–water partition coefficient (Wildman–Crippen LogP) is 9.29. The Hall–Kier alpha value is -5.69. The first kappa shape index (κ1) is 24.0. The molecule has 8 aromatic rings. The summed E-state index contributed by atoms with van der Waals surface area (Å²) in [6.07, 6.45) is 6.13. The molecular weight excluding hydrogens is 534 g/mol. The Labute approximate surface area is 247 Å². The molecule has 0 spiro atoms. The van der Waals surface area contributed by atoms with Crippen molar-refractivity contribution in [2.24, 2.45) is 14.1 Å². The van der Waals surface area contributed by atoms with Crippen LogP contribution in [0.1, 0.15) is 0 Å². The Morgan fingerprint density at radius 1 is 0.628 bits per heavy atom. The number of aryl methyl sites for hydroxylation is 2. The van der Waals surface area contributed by atoms with Gasteiger partial charge in [-0.2, -0.15) is 4.98 Å². The van der Waals surface area contributed by atoms with Gasteiger partial charge in [-0.25, -0.2) is 0 Å². The molecule has 0 amide bonds. The quantitative estimate of drug-likeness (QED) is 0.215. The van der Waals surface area contributed by atoms with Gasteiger partial charge in [-0.15, -0.1) is 0 Å². The first-order chi connectivity index (χ1) is 21.1. The number of nitrogens with zero attached hydrogens (tertiary/aromatic N) is 5. The van der Waals surface area contributed by atoms with Crippen LogP contribution in [0.15, 0.2) is 118 Å². The topological polar surface area (TPSA) is 55.5 Å². The van der Waals surface area contributed by atoms with Crippen LogP contribution in [0.5, 0.6) is 0 Å². The Morgan fingerprint density at radius 2 is 1.42 bits per heavy atom. The highest BCUT2D eigenvalue weighted by Gasteiger charge is 2.31. The minimum Gasteiger partial charge on any atom is -0.464 e. The lowest BCUT2D eigenvalue weighted by atomic mass is 10.0. The van der Waals surface area contributed by atoms with Gasteiger partial charge in [0, 0.05) is 61.0 Å². The lowest BCUT2D eigenvalue weighted by Gasteiger charge is -2.36. The summed E-state index contributed by atoms with van der Waals surface area (Å²) in [7, 11) is 6.29. The average molecular weight is 562 g/mol. The third-order valence-corrected chi connectivity index (χ3v) is 8.73. The molecule has 0 aliphatic carbocycles. The Morgan fingerprint density at radius 3 is 2.33 bits per heavy atom. The summed E-state index contributed by atoms with van der Waals surface area (Å²) < 4.78 is 16.8. The molecule has 1 aliphatic heterocycles. The molecule has 4 aromatic carbocycles. The molecule has 0 atom stereocenters. The Bertz CT molecular complexity index is 2370. The summed E-state index contributed by atoms with van der Waals surface area (Å²) in [5.74, 6) is 0. The van der Waals surface area contributed by atoms with Crippen molar-refractivity contribution in [3.05, 3.63) is 110 Å². The molecule has 43 heavy (non-hydrogen) atoms. The van der Waals surface area contributed by atoms with E-state index >= 15 is 0 Å². The van der Waals surface area contributed by atoms with Gasteiger partial charge in [-0.1, -0.05) is 48.5 Å². The van der Waals surface area contributed by atoms with Gasteiger partial charge < -0.3 is 22.9 Å². The first-order valence-corrected chi connectivity index (χ1v) is 14.3. The van der Waals surface area contributed by atoms with Crippen LogP contribution >= 0.6 is 0 Å². The Balaban J connectivity index is 1.26. The van der Waals surface area contributed by atoms with Crippen molar-refractivity contribution in [2.45, 2.75) is 0 Å². The second-order valence-corrected chi connectivity index (χ2v) is 11.2. The molecule has 0 fully saturated rings. The van der Waals surface area contributed by atoms with E-state index in [0.717, 1.165) is 61.5 Å². The predicted molar refractivity (Wildman–Crippen MR) is 173 cm³/mol.